The van der Waals surface area contributed by atoms with E-state index in [2.05, 4.69) is 20.6 Å². The van der Waals surface area contributed by atoms with Crippen molar-refractivity contribution in [2.75, 3.05) is 5.32 Å². The van der Waals surface area contributed by atoms with Crippen LogP contribution in [0.3, 0.4) is 0 Å². The number of aromatic nitrogens is 3. The van der Waals surface area contributed by atoms with Crippen LogP contribution in [0.15, 0.2) is 59.8 Å². The van der Waals surface area contributed by atoms with E-state index < -0.39 is 17.7 Å². The molecule has 26 heavy (non-hydrogen) atoms. The van der Waals surface area contributed by atoms with E-state index in [-0.39, 0.29) is 11.2 Å². The normalized spacial score (nSPS) is 21.4. The van der Waals surface area contributed by atoms with Gasteiger partial charge in [0.15, 0.2) is 0 Å². The Morgan fingerprint density at radius 1 is 1.31 bits per heavy atom. The summed E-state index contributed by atoms with van der Waals surface area (Å²) in [6, 6.07) is 10.8. The second-order valence-corrected chi connectivity index (χ2v) is 6.16. The van der Waals surface area contributed by atoms with Gasteiger partial charge in [0.1, 0.15) is 35.5 Å². The van der Waals surface area contributed by atoms with Crippen LogP contribution < -0.4 is 16.2 Å². The van der Waals surface area contributed by atoms with Gasteiger partial charge in [-0.1, -0.05) is 12.1 Å². The predicted molar refractivity (Wildman–Crippen MR) is 93.3 cm³/mol. The van der Waals surface area contributed by atoms with E-state index in [0.29, 0.717) is 17.1 Å². The number of nitrogens with one attached hydrogen (secondary N) is 2. The molecule has 1 aromatic carbocycles. The Kier molecular flexibility index (Phi) is 3.78. The summed E-state index contributed by atoms with van der Waals surface area (Å²) in [4.78, 5) is 21.0. The molecule has 2 atom stereocenters. The minimum absolute atomic E-state index is 0.283. The molecule has 0 aliphatic carbocycles. The van der Waals surface area contributed by atoms with Crippen molar-refractivity contribution in [3.63, 3.8) is 0 Å². The maximum atomic E-state index is 13.7. The Morgan fingerprint density at radius 3 is 2.88 bits per heavy atom. The highest BCUT2D eigenvalue weighted by Crippen LogP contribution is 2.34. The minimum Gasteiger partial charge on any atom is -0.373 e. The number of rotatable bonds is 3. The number of hydrogen-bond acceptors (Lipinski definition) is 6. The molecule has 8 heteroatoms. The van der Waals surface area contributed by atoms with Crippen LogP contribution in [0.25, 0.3) is 0 Å². The SMILES string of the molecule is CC1(c2cccc(F)c2)NC(O)c2ccc(Nc3ccncn3)c(=O)n21. The van der Waals surface area contributed by atoms with Crippen molar-refractivity contribution in [2.24, 2.45) is 0 Å². The Morgan fingerprint density at radius 2 is 2.15 bits per heavy atom. The van der Waals surface area contributed by atoms with Gasteiger partial charge in [0.25, 0.3) is 5.56 Å². The summed E-state index contributed by atoms with van der Waals surface area (Å²) in [5, 5.41) is 16.3. The molecule has 1 aliphatic heterocycles. The van der Waals surface area contributed by atoms with Crippen molar-refractivity contribution < 1.29 is 9.50 Å². The number of halogens is 1. The molecule has 7 nitrogen and oxygen atoms in total. The second kappa shape index (κ2) is 6.01. The van der Waals surface area contributed by atoms with Gasteiger partial charge in [0.05, 0.1) is 5.69 Å². The van der Waals surface area contributed by atoms with E-state index in [9.17, 15) is 14.3 Å². The summed E-state index contributed by atoms with van der Waals surface area (Å²) in [5.41, 5.74) is -0.258. The van der Waals surface area contributed by atoms with Gasteiger partial charge in [0, 0.05) is 6.20 Å². The van der Waals surface area contributed by atoms with Gasteiger partial charge in [0.2, 0.25) is 0 Å². The first-order valence-electron chi connectivity index (χ1n) is 8.00. The van der Waals surface area contributed by atoms with Gasteiger partial charge < -0.3 is 10.4 Å². The molecule has 4 rings (SSSR count). The number of anilines is 2. The third-order valence-corrected chi connectivity index (χ3v) is 4.49. The molecular formula is C18H16FN5O2. The third-order valence-electron chi connectivity index (χ3n) is 4.49. The lowest BCUT2D eigenvalue weighted by atomic mass is 10.0. The molecule has 1 aliphatic rings. The first-order chi connectivity index (χ1) is 12.5. The average molecular weight is 353 g/mol. The van der Waals surface area contributed by atoms with E-state index in [0.717, 1.165) is 0 Å². The van der Waals surface area contributed by atoms with Crippen LogP contribution in [0.1, 0.15) is 24.4 Å². The number of benzene rings is 1. The van der Waals surface area contributed by atoms with Gasteiger partial charge in [-0.3, -0.25) is 14.7 Å². The van der Waals surface area contributed by atoms with E-state index >= 15 is 0 Å². The fourth-order valence-electron chi connectivity index (χ4n) is 3.23. The molecule has 0 amide bonds. The molecule has 3 heterocycles. The van der Waals surface area contributed by atoms with E-state index in [1.54, 1.807) is 43.5 Å². The van der Waals surface area contributed by atoms with Crippen LogP contribution in [0.2, 0.25) is 0 Å². The molecule has 2 unspecified atom stereocenters. The Bertz CT molecular complexity index is 1020. The second-order valence-electron chi connectivity index (χ2n) is 6.16. The van der Waals surface area contributed by atoms with Crippen LogP contribution >= 0.6 is 0 Å². The van der Waals surface area contributed by atoms with Crippen molar-refractivity contribution in [3.05, 3.63) is 82.4 Å². The standard InChI is InChI=1S/C18H16FN5O2/c1-18(11-3-2-4-12(19)9-11)23-16(25)14-6-5-13(17(26)24(14)18)22-15-7-8-20-10-21-15/h2-10,16,23,25H,1H3,(H,20,21,22). The van der Waals surface area contributed by atoms with Crippen LogP contribution in [0, 0.1) is 5.82 Å². The maximum absolute atomic E-state index is 13.7. The molecule has 0 bridgehead atoms. The van der Waals surface area contributed by atoms with Gasteiger partial charge in [-0.2, -0.15) is 0 Å². The summed E-state index contributed by atoms with van der Waals surface area (Å²) in [5.74, 6) is 0.0494. The molecule has 0 radical (unpaired) electrons. The van der Waals surface area contributed by atoms with Crippen LogP contribution in [-0.4, -0.2) is 19.6 Å². The highest BCUT2D eigenvalue weighted by Gasteiger charge is 2.41. The number of aliphatic hydroxyl groups excluding tert-OH is 1. The van der Waals surface area contributed by atoms with Crippen LogP contribution in [-0.2, 0) is 5.66 Å². The number of aliphatic hydroxyl groups is 1. The smallest absolute Gasteiger partial charge is 0.276 e. The largest absolute Gasteiger partial charge is 0.373 e. The number of hydrogen-bond donors (Lipinski definition) is 3. The third kappa shape index (κ3) is 2.56. The number of pyridine rings is 1. The van der Waals surface area contributed by atoms with Crippen molar-refractivity contribution in [1.29, 1.82) is 0 Å². The number of nitrogens with zero attached hydrogens (tertiary/aromatic N) is 3. The zero-order chi connectivity index (χ0) is 18.3. The predicted octanol–water partition coefficient (Wildman–Crippen LogP) is 1.84. The average Bonchev–Trinajstić information content (AvgIpc) is 2.90. The quantitative estimate of drug-likeness (QED) is 0.665. The van der Waals surface area contributed by atoms with Crippen LogP contribution in [0.5, 0.6) is 0 Å². The Hall–Kier alpha value is -3.10. The summed E-state index contributed by atoms with van der Waals surface area (Å²) in [6.45, 7) is 1.72. The molecule has 0 fully saturated rings. The highest BCUT2D eigenvalue weighted by molar-refractivity contribution is 5.55. The lowest BCUT2D eigenvalue weighted by Gasteiger charge is -2.28. The molecule has 3 N–H and O–H groups in total. The molecule has 2 aromatic heterocycles. The maximum Gasteiger partial charge on any atom is 0.276 e. The summed E-state index contributed by atoms with van der Waals surface area (Å²) >= 11 is 0. The monoisotopic (exact) mass is 353 g/mol. The lowest BCUT2D eigenvalue weighted by molar-refractivity contribution is 0.125. The van der Waals surface area contributed by atoms with Crippen LogP contribution in [0.4, 0.5) is 15.9 Å². The van der Waals surface area contributed by atoms with Gasteiger partial charge in [-0.15, -0.1) is 0 Å². The van der Waals surface area contributed by atoms with Gasteiger partial charge >= 0.3 is 0 Å². The topological polar surface area (TPSA) is 92.1 Å². The summed E-state index contributed by atoms with van der Waals surface area (Å²) in [6.07, 6.45) is 1.88. The fourth-order valence-corrected chi connectivity index (χ4v) is 3.23. The Balaban J connectivity index is 1.85. The molecule has 0 saturated heterocycles. The summed E-state index contributed by atoms with van der Waals surface area (Å²) < 4.78 is 15.2. The first-order valence-corrected chi connectivity index (χ1v) is 8.00. The van der Waals surface area contributed by atoms with Gasteiger partial charge in [-0.05, 0) is 42.8 Å². The van der Waals surface area contributed by atoms with Gasteiger partial charge in [-0.25, -0.2) is 14.4 Å². The van der Waals surface area contributed by atoms with E-state index in [1.165, 1.54) is 23.0 Å². The Labute approximate surface area is 148 Å². The first kappa shape index (κ1) is 16.4. The fraction of sp³-hybridized carbons (Fsp3) is 0.167. The summed E-state index contributed by atoms with van der Waals surface area (Å²) in [7, 11) is 0. The molecule has 3 aromatic rings. The van der Waals surface area contributed by atoms with Crippen molar-refractivity contribution in [2.45, 2.75) is 18.8 Å². The molecule has 0 spiro atoms. The lowest BCUT2D eigenvalue weighted by Crippen LogP contribution is -2.45. The van der Waals surface area contributed by atoms with E-state index in [1.807, 2.05) is 0 Å². The van der Waals surface area contributed by atoms with Crippen molar-refractivity contribution in [3.8, 4) is 0 Å². The zero-order valence-corrected chi connectivity index (χ0v) is 13.8. The van der Waals surface area contributed by atoms with E-state index in [4.69, 9.17) is 0 Å². The molecular weight excluding hydrogens is 337 g/mol. The minimum atomic E-state index is -1.10. The molecule has 132 valence electrons. The van der Waals surface area contributed by atoms with Crippen molar-refractivity contribution in [1.82, 2.24) is 19.9 Å². The van der Waals surface area contributed by atoms with Crippen molar-refractivity contribution >= 4 is 11.5 Å². The highest BCUT2D eigenvalue weighted by atomic mass is 19.1. The number of fused-ring (bicyclic) bond motifs is 1. The molecule has 0 saturated carbocycles. The zero-order valence-electron chi connectivity index (χ0n) is 13.8.